The molecule has 0 bridgehead atoms. The number of pyridine rings is 1. The average Bonchev–Trinajstić information content (AvgIpc) is 2.66. The number of ether oxygens (including phenoxy) is 1. The van der Waals surface area contributed by atoms with Gasteiger partial charge in [-0.25, -0.2) is 9.37 Å². The molecule has 0 amide bonds. The van der Waals surface area contributed by atoms with Gasteiger partial charge in [-0.15, -0.1) is 0 Å². The van der Waals surface area contributed by atoms with Crippen molar-refractivity contribution in [3.63, 3.8) is 0 Å². The van der Waals surface area contributed by atoms with Crippen molar-refractivity contribution in [1.82, 2.24) is 0 Å². The van der Waals surface area contributed by atoms with E-state index in [9.17, 15) is 9.50 Å². The van der Waals surface area contributed by atoms with Gasteiger partial charge in [0.15, 0.2) is 11.9 Å². The van der Waals surface area contributed by atoms with Gasteiger partial charge in [-0.05, 0) is 42.5 Å². The summed E-state index contributed by atoms with van der Waals surface area (Å²) < 4.78 is 18.9. The van der Waals surface area contributed by atoms with Gasteiger partial charge in [0.05, 0.1) is 24.2 Å². The fraction of sp³-hybridized carbons (Fsp3) is 0.250. The zero-order chi connectivity index (χ0) is 17.2. The number of halogens is 1. The Hall–Kier alpha value is -2.50. The molecule has 2 heterocycles. The lowest BCUT2D eigenvalue weighted by Crippen LogP contribution is -3.14. The van der Waals surface area contributed by atoms with Crippen LogP contribution in [0.2, 0.25) is 0 Å². The largest absolute Gasteiger partial charge is 0.502 e. The Kier molecular flexibility index (Phi) is 4.34. The summed E-state index contributed by atoms with van der Waals surface area (Å²) in [6, 6.07) is 14.4. The van der Waals surface area contributed by atoms with Gasteiger partial charge in [-0.2, -0.15) is 0 Å². The monoisotopic (exact) mass is 340 g/mol. The van der Waals surface area contributed by atoms with Crippen LogP contribution < -0.4 is 9.88 Å². The van der Waals surface area contributed by atoms with Crippen molar-refractivity contribution in [3.8, 4) is 5.75 Å². The number of aromatic hydroxyl groups is 1. The second kappa shape index (κ2) is 6.78. The predicted molar refractivity (Wildman–Crippen MR) is 91.9 cm³/mol. The van der Waals surface area contributed by atoms with Gasteiger partial charge < -0.3 is 14.7 Å². The highest BCUT2D eigenvalue weighted by molar-refractivity contribution is 5.82. The minimum atomic E-state index is -0.254. The van der Waals surface area contributed by atoms with Crippen molar-refractivity contribution in [2.75, 3.05) is 26.3 Å². The molecule has 1 atom stereocenters. The van der Waals surface area contributed by atoms with Crippen LogP contribution in [-0.2, 0) is 4.74 Å². The summed E-state index contributed by atoms with van der Waals surface area (Å²) in [7, 11) is 0. The molecular weight excluding hydrogens is 319 g/mol. The first-order valence-electron chi connectivity index (χ1n) is 8.54. The summed E-state index contributed by atoms with van der Waals surface area (Å²) >= 11 is 0. The van der Waals surface area contributed by atoms with E-state index in [4.69, 9.17) is 4.74 Å². The molecule has 5 heteroatoms. The van der Waals surface area contributed by atoms with Crippen molar-refractivity contribution >= 4 is 10.9 Å². The molecule has 1 aliphatic rings. The van der Waals surface area contributed by atoms with E-state index in [-0.39, 0.29) is 17.6 Å². The number of hydrogen-bond acceptors (Lipinski definition) is 2. The molecule has 0 saturated carbocycles. The first-order chi connectivity index (χ1) is 12.2. The number of phenolic OH excluding ortho intramolecular Hbond substituents is 1. The quantitative estimate of drug-likeness (QED) is 0.759. The number of aromatic nitrogens is 1. The molecule has 1 fully saturated rings. The summed E-state index contributed by atoms with van der Waals surface area (Å²) in [4.78, 5) is 4.44. The Bertz CT molecular complexity index is 877. The normalized spacial score (nSPS) is 16.8. The van der Waals surface area contributed by atoms with Crippen LogP contribution in [0, 0.1) is 5.82 Å². The highest BCUT2D eigenvalue weighted by Crippen LogP contribution is 2.32. The molecule has 0 radical (unpaired) electrons. The number of benzene rings is 2. The number of hydrogen-bond donors (Lipinski definition) is 2. The standard InChI is InChI=1S/C20H19FN2O2/c21-16-6-3-15(4-7-16)19(23-10-12-25-13-11-23)17-8-5-14-2-1-9-22-18(14)20(17)24/h1-9,19,24H,10-13H2/p+2. The van der Waals surface area contributed by atoms with Crippen molar-refractivity contribution in [2.24, 2.45) is 0 Å². The van der Waals surface area contributed by atoms with Crippen LogP contribution in [0.15, 0.2) is 54.7 Å². The molecule has 3 aromatic rings. The molecular formula is C20H21FN2O2+2. The second-order valence-electron chi connectivity index (χ2n) is 6.39. The zero-order valence-corrected chi connectivity index (χ0v) is 13.8. The van der Waals surface area contributed by atoms with E-state index in [0.29, 0.717) is 13.2 Å². The lowest BCUT2D eigenvalue weighted by atomic mass is 9.94. The van der Waals surface area contributed by atoms with Gasteiger partial charge in [0.2, 0.25) is 0 Å². The number of aromatic amines is 1. The molecule has 25 heavy (non-hydrogen) atoms. The average molecular weight is 340 g/mol. The lowest BCUT2D eigenvalue weighted by Gasteiger charge is -2.32. The first kappa shape index (κ1) is 16.0. The Morgan fingerprint density at radius 1 is 1.04 bits per heavy atom. The van der Waals surface area contributed by atoms with Crippen LogP contribution in [0.3, 0.4) is 0 Å². The predicted octanol–water partition coefficient (Wildman–Crippen LogP) is 1.50. The topological polar surface area (TPSA) is 48.0 Å². The van der Waals surface area contributed by atoms with E-state index in [1.165, 1.54) is 17.0 Å². The molecule has 3 N–H and O–H groups in total. The number of morpholine rings is 1. The second-order valence-corrected chi connectivity index (χ2v) is 6.39. The van der Waals surface area contributed by atoms with Crippen LogP contribution in [-0.4, -0.2) is 31.4 Å². The highest BCUT2D eigenvalue weighted by Gasteiger charge is 2.31. The number of fused-ring (bicyclic) bond motifs is 1. The smallest absolute Gasteiger partial charge is 0.253 e. The first-order valence-corrected chi connectivity index (χ1v) is 8.54. The van der Waals surface area contributed by atoms with E-state index in [2.05, 4.69) is 4.98 Å². The fourth-order valence-corrected chi connectivity index (χ4v) is 3.64. The lowest BCUT2D eigenvalue weighted by molar-refractivity contribution is -0.933. The SMILES string of the molecule is Oc1c(C(c2ccc(F)cc2)[NH+]2CCOCC2)ccc2ccc[nH+]c12. The van der Waals surface area contributed by atoms with Gasteiger partial charge in [-0.1, -0.05) is 0 Å². The minimum absolute atomic E-state index is 0.0671. The molecule has 4 nitrogen and oxygen atoms in total. The van der Waals surface area contributed by atoms with E-state index >= 15 is 0 Å². The Labute approximate surface area is 145 Å². The van der Waals surface area contributed by atoms with E-state index in [1.54, 1.807) is 18.3 Å². The molecule has 0 spiro atoms. The third-order valence-corrected chi connectivity index (χ3v) is 4.90. The van der Waals surface area contributed by atoms with Crippen molar-refractivity contribution in [2.45, 2.75) is 6.04 Å². The van der Waals surface area contributed by atoms with Crippen molar-refractivity contribution in [3.05, 3.63) is 71.7 Å². The number of nitrogens with one attached hydrogen (secondary N) is 2. The van der Waals surface area contributed by atoms with E-state index in [1.807, 2.05) is 24.3 Å². The number of rotatable bonds is 3. The van der Waals surface area contributed by atoms with Gasteiger partial charge in [-0.3, -0.25) is 0 Å². The van der Waals surface area contributed by atoms with Crippen LogP contribution in [0.1, 0.15) is 17.2 Å². The van der Waals surface area contributed by atoms with Crippen LogP contribution in [0.4, 0.5) is 4.39 Å². The molecule has 2 aromatic carbocycles. The van der Waals surface area contributed by atoms with Gasteiger partial charge >= 0.3 is 0 Å². The number of H-pyrrole nitrogens is 1. The summed E-state index contributed by atoms with van der Waals surface area (Å²) in [5, 5.41) is 11.9. The van der Waals surface area contributed by atoms with Gasteiger partial charge in [0.25, 0.3) is 5.52 Å². The third-order valence-electron chi connectivity index (χ3n) is 4.90. The van der Waals surface area contributed by atoms with Crippen LogP contribution in [0.25, 0.3) is 10.9 Å². The number of quaternary nitrogens is 1. The van der Waals surface area contributed by atoms with Crippen LogP contribution in [0.5, 0.6) is 5.75 Å². The molecule has 128 valence electrons. The van der Waals surface area contributed by atoms with Crippen molar-refractivity contribution < 1.29 is 24.1 Å². The van der Waals surface area contributed by atoms with Gasteiger partial charge in [0.1, 0.15) is 24.9 Å². The number of phenols is 1. The molecule has 1 unspecified atom stereocenters. The minimum Gasteiger partial charge on any atom is -0.502 e. The maximum absolute atomic E-state index is 13.4. The van der Waals surface area contributed by atoms with Gasteiger partial charge in [0, 0.05) is 11.6 Å². The van der Waals surface area contributed by atoms with E-state index < -0.39 is 0 Å². The molecule has 1 aliphatic heterocycles. The molecule has 4 rings (SSSR count). The zero-order valence-electron chi connectivity index (χ0n) is 13.8. The fourth-order valence-electron chi connectivity index (χ4n) is 3.64. The summed E-state index contributed by atoms with van der Waals surface area (Å²) in [6.07, 6.45) is 1.81. The molecule has 1 aromatic heterocycles. The Balaban J connectivity index is 1.85. The maximum Gasteiger partial charge on any atom is 0.253 e. The van der Waals surface area contributed by atoms with Crippen molar-refractivity contribution in [1.29, 1.82) is 0 Å². The Morgan fingerprint density at radius 3 is 2.56 bits per heavy atom. The summed E-state index contributed by atoms with van der Waals surface area (Å²) in [6.45, 7) is 3.07. The van der Waals surface area contributed by atoms with E-state index in [0.717, 1.165) is 35.1 Å². The van der Waals surface area contributed by atoms with Crippen LogP contribution >= 0.6 is 0 Å². The Morgan fingerprint density at radius 2 is 1.80 bits per heavy atom. The maximum atomic E-state index is 13.4. The summed E-state index contributed by atoms with van der Waals surface area (Å²) in [5.74, 6) is 0.00182. The highest BCUT2D eigenvalue weighted by atomic mass is 19.1. The summed E-state index contributed by atoms with van der Waals surface area (Å²) in [5.41, 5.74) is 2.56. The molecule has 1 saturated heterocycles. The third kappa shape index (κ3) is 3.08. The molecule has 0 aliphatic carbocycles.